The topological polar surface area (TPSA) is 170 Å². The van der Waals surface area contributed by atoms with Crippen molar-refractivity contribution < 1.29 is 19.9 Å². The van der Waals surface area contributed by atoms with Crippen LogP contribution in [0.4, 0.5) is 11.6 Å². The molecule has 5 N–H and O–H groups in total. The quantitative estimate of drug-likeness (QED) is 0.407. The van der Waals surface area contributed by atoms with Crippen molar-refractivity contribution in [2.75, 3.05) is 12.3 Å². The van der Waals surface area contributed by atoms with E-state index in [1.54, 1.807) is 0 Å². The molecule has 1 aliphatic rings. The zero-order valence-electron chi connectivity index (χ0n) is 11.2. The second kappa shape index (κ2) is 5.05. The van der Waals surface area contributed by atoms with E-state index in [1.807, 2.05) is 0 Å². The van der Waals surface area contributed by atoms with E-state index >= 15 is 0 Å². The van der Waals surface area contributed by atoms with Gasteiger partial charge in [0.05, 0.1) is 23.8 Å². The Labute approximate surface area is 122 Å². The molecule has 1 fully saturated rings. The largest absolute Gasteiger partial charge is 0.394 e. The van der Waals surface area contributed by atoms with Gasteiger partial charge in [-0.05, 0) is 0 Å². The lowest BCUT2D eigenvalue weighted by molar-refractivity contribution is -0.383. The zero-order valence-corrected chi connectivity index (χ0v) is 11.2. The first-order valence-corrected chi connectivity index (χ1v) is 6.41. The molecule has 0 aliphatic carbocycles. The van der Waals surface area contributed by atoms with E-state index in [0.29, 0.717) is 0 Å². The summed E-state index contributed by atoms with van der Waals surface area (Å²) in [4.78, 5) is 28.4. The van der Waals surface area contributed by atoms with Gasteiger partial charge in [0.1, 0.15) is 12.3 Å². The number of fused-ring (bicyclic) bond motifs is 1. The molecule has 0 bridgehead atoms. The Balaban J connectivity index is 2.19. The summed E-state index contributed by atoms with van der Waals surface area (Å²) in [5.41, 5.74) is 4.30. The Morgan fingerprint density at radius 1 is 1.64 bits per heavy atom. The van der Waals surface area contributed by atoms with Gasteiger partial charge in [0.2, 0.25) is 5.95 Å². The number of nitrogens with two attached hydrogens (primary N) is 1. The summed E-state index contributed by atoms with van der Waals surface area (Å²) in [7, 11) is 0. The number of nitro groups is 1. The minimum absolute atomic E-state index is 0.0104. The summed E-state index contributed by atoms with van der Waals surface area (Å²) in [6.45, 7) is -0.394. The number of hydrogen-bond donors (Lipinski definition) is 4. The van der Waals surface area contributed by atoms with E-state index in [0.717, 1.165) is 6.20 Å². The Kier molecular flexibility index (Phi) is 3.31. The number of rotatable bonds is 3. The fraction of sp³-hybridized carbons (Fsp3) is 0.455. The molecular weight excluding hydrogens is 298 g/mol. The molecule has 0 spiro atoms. The van der Waals surface area contributed by atoms with Crippen LogP contribution in [0.5, 0.6) is 0 Å². The molecule has 11 heteroatoms. The van der Waals surface area contributed by atoms with E-state index in [1.165, 1.54) is 4.57 Å². The van der Waals surface area contributed by atoms with Gasteiger partial charge in [-0.15, -0.1) is 0 Å². The summed E-state index contributed by atoms with van der Waals surface area (Å²) in [6, 6.07) is 0. The molecule has 0 saturated carbocycles. The van der Waals surface area contributed by atoms with Crippen molar-refractivity contribution in [2.45, 2.75) is 24.9 Å². The lowest BCUT2D eigenvalue weighted by Crippen LogP contribution is -2.24. The highest BCUT2D eigenvalue weighted by Gasteiger charge is 2.37. The van der Waals surface area contributed by atoms with Crippen LogP contribution in [-0.2, 0) is 4.74 Å². The minimum atomic E-state index is -0.925. The number of H-pyrrole nitrogens is 1. The molecular formula is C11H13N5O6. The van der Waals surface area contributed by atoms with Crippen LogP contribution in [0, 0.1) is 10.1 Å². The number of nitrogens with zero attached hydrogens (tertiary/aromatic N) is 3. The third kappa shape index (κ3) is 2.11. The fourth-order valence-corrected chi connectivity index (χ4v) is 2.56. The smallest absolute Gasteiger partial charge is 0.302 e. The molecule has 0 radical (unpaired) electrons. The van der Waals surface area contributed by atoms with Crippen LogP contribution in [0.25, 0.3) is 11.0 Å². The number of anilines is 1. The van der Waals surface area contributed by atoms with Gasteiger partial charge >= 0.3 is 5.69 Å². The zero-order chi connectivity index (χ0) is 16.0. The number of hydrogen-bond acceptors (Lipinski definition) is 8. The van der Waals surface area contributed by atoms with Crippen molar-refractivity contribution in [3.05, 3.63) is 26.7 Å². The molecule has 1 saturated heterocycles. The Morgan fingerprint density at radius 3 is 2.95 bits per heavy atom. The number of aliphatic hydroxyl groups is 2. The first kappa shape index (κ1) is 14.4. The minimum Gasteiger partial charge on any atom is -0.394 e. The normalized spacial score (nSPS) is 24.9. The number of aliphatic hydroxyl groups excluding tert-OH is 2. The Hall–Kier alpha value is -2.50. The average Bonchev–Trinajstić information content (AvgIpc) is 2.99. The summed E-state index contributed by atoms with van der Waals surface area (Å²) in [5.74, 6) is -0.191. The fourth-order valence-electron chi connectivity index (χ4n) is 2.56. The number of nitrogens with one attached hydrogen (secondary N) is 1. The third-order valence-corrected chi connectivity index (χ3v) is 3.57. The third-order valence-electron chi connectivity index (χ3n) is 3.57. The highest BCUT2D eigenvalue weighted by Crippen LogP contribution is 2.34. The van der Waals surface area contributed by atoms with Gasteiger partial charge in [-0.2, -0.15) is 4.98 Å². The van der Waals surface area contributed by atoms with Gasteiger partial charge < -0.3 is 20.7 Å². The lowest BCUT2D eigenvalue weighted by Gasteiger charge is -2.13. The van der Waals surface area contributed by atoms with Gasteiger partial charge in [0.15, 0.2) is 11.0 Å². The molecule has 0 aromatic carbocycles. The van der Waals surface area contributed by atoms with Crippen LogP contribution in [0.1, 0.15) is 12.6 Å². The Morgan fingerprint density at radius 2 is 2.36 bits per heavy atom. The van der Waals surface area contributed by atoms with Crippen LogP contribution in [0.2, 0.25) is 0 Å². The second-order valence-electron chi connectivity index (χ2n) is 4.94. The molecule has 3 heterocycles. The van der Waals surface area contributed by atoms with Crippen molar-refractivity contribution >= 4 is 22.7 Å². The van der Waals surface area contributed by atoms with Gasteiger partial charge in [-0.1, -0.05) is 0 Å². The van der Waals surface area contributed by atoms with Gasteiger partial charge in [0, 0.05) is 6.42 Å². The molecule has 22 heavy (non-hydrogen) atoms. The van der Waals surface area contributed by atoms with Crippen molar-refractivity contribution in [1.29, 1.82) is 0 Å². The first-order valence-electron chi connectivity index (χ1n) is 6.41. The maximum absolute atomic E-state index is 11.9. The number of nitrogen functional groups attached to an aromatic ring is 1. The number of aromatic nitrogens is 3. The molecule has 118 valence electrons. The predicted molar refractivity (Wildman–Crippen MR) is 73.0 cm³/mol. The molecule has 0 amide bonds. The molecule has 3 atom stereocenters. The number of aromatic amines is 1. The lowest BCUT2D eigenvalue weighted by atomic mass is 10.2. The van der Waals surface area contributed by atoms with Crippen molar-refractivity contribution in [2.24, 2.45) is 0 Å². The maximum Gasteiger partial charge on any atom is 0.302 e. The van der Waals surface area contributed by atoms with Crippen molar-refractivity contribution in [1.82, 2.24) is 14.5 Å². The van der Waals surface area contributed by atoms with E-state index < -0.39 is 41.2 Å². The summed E-state index contributed by atoms with van der Waals surface area (Å²) in [6.07, 6.45) is -1.31. The van der Waals surface area contributed by atoms with Gasteiger partial charge in [-0.3, -0.25) is 24.5 Å². The molecule has 0 unspecified atom stereocenters. The summed E-state index contributed by atoms with van der Waals surface area (Å²) in [5, 5.41) is 29.8. The molecule has 1 aliphatic heterocycles. The van der Waals surface area contributed by atoms with Gasteiger partial charge in [-0.25, -0.2) is 0 Å². The van der Waals surface area contributed by atoms with Crippen LogP contribution < -0.4 is 11.3 Å². The molecule has 3 rings (SSSR count). The van der Waals surface area contributed by atoms with Gasteiger partial charge in [0.25, 0.3) is 5.56 Å². The highest BCUT2D eigenvalue weighted by atomic mass is 16.6. The molecule has 2 aromatic rings. The number of ether oxygens (including phenoxy) is 1. The van der Waals surface area contributed by atoms with E-state index in [2.05, 4.69) is 9.97 Å². The monoisotopic (exact) mass is 311 g/mol. The average molecular weight is 311 g/mol. The van der Waals surface area contributed by atoms with Crippen LogP contribution in [0.3, 0.4) is 0 Å². The van der Waals surface area contributed by atoms with Crippen molar-refractivity contribution in [3.63, 3.8) is 0 Å². The maximum atomic E-state index is 11.9. The standard InChI is InChI=1S/C11H13N5O6/c12-11-13-9-8(10(19)14-11)4(16(20)21)2-15(9)7-1-5(18)6(3-17)22-7/h2,5-7,17-18H,1,3H2,(H3,12,13,14,19)/t5-,6+,7+/m0/s1. The van der Waals surface area contributed by atoms with Crippen LogP contribution in [0.15, 0.2) is 11.0 Å². The van der Waals surface area contributed by atoms with E-state index in [9.17, 15) is 20.0 Å². The SMILES string of the molecule is Nc1nc2c(c([N+](=O)[O-])cn2[C@H]2C[C@H](O)[C@@H](CO)O2)c(=O)[nH]1. The van der Waals surface area contributed by atoms with E-state index in [4.69, 9.17) is 15.6 Å². The molecule has 2 aromatic heterocycles. The van der Waals surface area contributed by atoms with Crippen molar-refractivity contribution in [3.8, 4) is 0 Å². The first-order chi connectivity index (χ1) is 10.4. The van der Waals surface area contributed by atoms with E-state index in [-0.39, 0.29) is 23.4 Å². The Bertz CT molecular complexity index is 798. The second-order valence-corrected chi connectivity index (χ2v) is 4.94. The molecule has 11 nitrogen and oxygen atoms in total. The van der Waals surface area contributed by atoms with Crippen LogP contribution >= 0.6 is 0 Å². The van der Waals surface area contributed by atoms with Crippen LogP contribution in [-0.4, -0.2) is 48.5 Å². The summed E-state index contributed by atoms with van der Waals surface area (Å²) < 4.78 is 6.71. The highest BCUT2D eigenvalue weighted by molar-refractivity contribution is 5.86. The summed E-state index contributed by atoms with van der Waals surface area (Å²) >= 11 is 0. The predicted octanol–water partition coefficient (Wildman–Crippen LogP) is -1.14.